The Morgan fingerprint density at radius 3 is 2.14 bits per heavy atom. The zero-order valence-corrected chi connectivity index (χ0v) is 14.2. The zero-order valence-electron chi connectivity index (χ0n) is 14.2. The first-order chi connectivity index (χ1) is 9.62. The molecule has 1 unspecified atom stereocenters. The minimum atomic E-state index is -0.695. The number of rotatable bonds is 5. The first-order valence-electron chi connectivity index (χ1n) is 8.13. The van der Waals surface area contributed by atoms with E-state index in [-0.39, 0.29) is 11.3 Å². The molecule has 1 rings (SSSR count). The molecule has 1 N–H and O–H groups in total. The molecule has 122 valence electrons. The van der Waals surface area contributed by atoms with E-state index in [2.05, 4.69) is 27.7 Å². The van der Waals surface area contributed by atoms with Crippen molar-refractivity contribution in [2.24, 2.45) is 16.7 Å². The number of amides is 1. The van der Waals surface area contributed by atoms with Gasteiger partial charge in [-0.2, -0.15) is 0 Å². The molecule has 4 heteroatoms. The van der Waals surface area contributed by atoms with E-state index >= 15 is 0 Å². The van der Waals surface area contributed by atoms with Crippen LogP contribution in [0.2, 0.25) is 0 Å². The molecule has 21 heavy (non-hydrogen) atoms. The summed E-state index contributed by atoms with van der Waals surface area (Å²) in [4.78, 5) is 25.8. The molecule has 1 aliphatic rings. The summed E-state index contributed by atoms with van der Waals surface area (Å²) in [5.41, 5.74) is -0.486. The Labute approximate surface area is 128 Å². The largest absolute Gasteiger partial charge is 0.481 e. The first-order valence-corrected chi connectivity index (χ1v) is 8.13. The van der Waals surface area contributed by atoms with Crippen molar-refractivity contribution in [2.45, 2.75) is 66.7 Å². The highest BCUT2D eigenvalue weighted by molar-refractivity contribution is 5.78. The van der Waals surface area contributed by atoms with E-state index in [1.807, 2.05) is 11.8 Å². The molecule has 0 aliphatic carbocycles. The lowest BCUT2D eigenvalue weighted by Gasteiger charge is -2.39. The van der Waals surface area contributed by atoms with Gasteiger partial charge in [0.15, 0.2) is 0 Å². The average molecular weight is 297 g/mol. The van der Waals surface area contributed by atoms with Crippen molar-refractivity contribution < 1.29 is 14.7 Å². The molecule has 1 saturated heterocycles. The van der Waals surface area contributed by atoms with Crippen LogP contribution in [0.4, 0.5) is 0 Å². The van der Waals surface area contributed by atoms with Gasteiger partial charge >= 0.3 is 5.97 Å². The molecule has 1 amide bonds. The number of carbonyl (C=O) groups is 2. The number of carboxylic acids is 1. The highest BCUT2D eigenvalue weighted by Gasteiger charge is 2.41. The van der Waals surface area contributed by atoms with Crippen LogP contribution in [0.15, 0.2) is 0 Å². The number of carboxylic acid groups (broad SMARTS) is 1. The van der Waals surface area contributed by atoms with E-state index in [4.69, 9.17) is 0 Å². The summed E-state index contributed by atoms with van der Waals surface area (Å²) in [6.45, 7) is 11.8. The molecule has 0 aromatic heterocycles. The second-order valence-electron chi connectivity index (χ2n) is 7.69. The number of hydrogen-bond acceptors (Lipinski definition) is 2. The van der Waals surface area contributed by atoms with Crippen LogP contribution in [0.25, 0.3) is 0 Å². The second-order valence-corrected chi connectivity index (χ2v) is 7.69. The molecule has 4 nitrogen and oxygen atoms in total. The number of likely N-dealkylation sites (tertiary alicyclic amines) is 1. The van der Waals surface area contributed by atoms with Gasteiger partial charge in [0.25, 0.3) is 0 Å². The van der Waals surface area contributed by atoms with Gasteiger partial charge in [0.2, 0.25) is 5.91 Å². The molecular formula is C17H31NO3. The average Bonchev–Trinajstić information content (AvgIpc) is 2.38. The monoisotopic (exact) mass is 297 g/mol. The number of hydrogen-bond donors (Lipinski definition) is 1. The normalized spacial score (nSPS) is 20.1. The quantitative estimate of drug-likeness (QED) is 0.844. The Balaban J connectivity index is 2.60. The third-order valence-electron chi connectivity index (χ3n) is 5.21. The summed E-state index contributed by atoms with van der Waals surface area (Å²) >= 11 is 0. The molecule has 0 spiro atoms. The van der Waals surface area contributed by atoms with Crippen molar-refractivity contribution in [3.05, 3.63) is 0 Å². The van der Waals surface area contributed by atoms with Gasteiger partial charge in [-0.25, -0.2) is 0 Å². The third-order valence-corrected chi connectivity index (χ3v) is 5.21. The van der Waals surface area contributed by atoms with Crippen molar-refractivity contribution in [3.8, 4) is 0 Å². The standard InChI is InChI=1S/C17H31NO3/c1-6-7-17(15(20)21)8-10-18(11-9-17)14(19)12-13(2)16(3,4)5/h13H,6-12H2,1-5H3,(H,20,21). The van der Waals surface area contributed by atoms with Gasteiger partial charge in [0.05, 0.1) is 5.41 Å². The number of piperidine rings is 1. The van der Waals surface area contributed by atoms with Gasteiger partial charge in [0, 0.05) is 19.5 Å². The number of carbonyl (C=O) groups excluding carboxylic acids is 1. The maximum atomic E-state index is 12.4. The summed E-state index contributed by atoms with van der Waals surface area (Å²) in [6.07, 6.45) is 3.32. The first kappa shape index (κ1) is 18.0. The minimum absolute atomic E-state index is 0.123. The van der Waals surface area contributed by atoms with Crippen molar-refractivity contribution in [2.75, 3.05) is 13.1 Å². The van der Waals surface area contributed by atoms with E-state index in [1.165, 1.54) is 0 Å². The van der Waals surface area contributed by atoms with Crippen LogP contribution in [0.3, 0.4) is 0 Å². The van der Waals surface area contributed by atoms with Crippen molar-refractivity contribution >= 4 is 11.9 Å². The van der Waals surface area contributed by atoms with Gasteiger partial charge in [-0.3, -0.25) is 9.59 Å². The van der Waals surface area contributed by atoms with E-state index in [0.29, 0.717) is 44.7 Å². The summed E-state index contributed by atoms with van der Waals surface area (Å²) in [7, 11) is 0. The molecule has 0 aromatic carbocycles. The maximum Gasteiger partial charge on any atom is 0.309 e. The lowest BCUT2D eigenvalue weighted by molar-refractivity contribution is -0.155. The maximum absolute atomic E-state index is 12.4. The third kappa shape index (κ3) is 4.45. The molecule has 0 aromatic rings. The summed E-state index contributed by atoms with van der Waals surface area (Å²) in [5, 5.41) is 9.49. The molecule has 0 bridgehead atoms. The van der Waals surface area contributed by atoms with Crippen LogP contribution < -0.4 is 0 Å². The molecule has 1 aliphatic heterocycles. The predicted octanol–water partition coefficient (Wildman–Crippen LogP) is 3.55. The molecule has 1 fully saturated rings. The Kier molecular flexibility index (Phi) is 5.83. The fourth-order valence-corrected chi connectivity index (χ4v) is 2.93. The van der Waals surface area contributed by atoms with Crippen LogP contribution in [0.5, 0.6) is 0 Å². The topological polar surface area (TPSA) is 57.6 Å². The Morgan fingerprint density at radius 1 is 1.24 bits per heavy atom. The minimum Gasteiger partial charge on any atom is -0.481 e. The van der Waals surface area contributed by atoms with Gasteiger partial charge in [0.1, 0.15) is 0 Å². The van der Waals surface area contributed by atoms with Gasteiger partial charge in [-0.05, 0) is 30.6 Å². The molecular weight excluding hydrogens is 266 g/mol. The van der Waals surface area contributed by atoms with Crippen LogP contribution in [0.1, 0.15) is 66.7 Å². The summed E-state index contributed by atoms with van der Waals surface area (Å²) in [6, 6.07) is 0. The van der Waals surface area contributed by atoms with Crippen LogP contribution >= 0.6 is 0 Å². The van der Waals surface area contributed by atoms with E-state index in [9.17, 15) is 14.7 Å². The number of nitrogens with zero attached hydrogens (tertiary/aromatic N) is 1. The molecule has 1 atom stereocenters. The highest BCUT2D eigenvalue weighted by Crippen LogP contribution is 2.37. The Morgan fingerprint density at radius 2 is 1.76 bits per heavy atom. The van der Waals surface area contributed by atoms with Crippen molar-refractivity contribution in [1.82, 2.24) is 4.90 Å². The summed E-state index contributed by atoms with van der Waals surface area (Å²) < 4.78 is 0. The molecule has 0 saturated carbocycles. The van der Waals surface area contributed by atoms with Crippen molar-refractivity contribution in [3.63, 3.8) is 0 Å². The zero-order chi connectivity index (χ0) is 16.3. The van der Waals surface area contributed by atoms with Gasteiger partial charge < -0.3 is 10.0 Å². The summed E-state index contributed by atoms with van der Waals surface area (Å²) in [5.74, 6) is -0.195. The van der Waals surface area contributed by atoms with Gasteiger partial charge in [-0.1, -0.05) is 41.0 Å². The SMILES string of the molecule is CCCC1(C(=O)O)CCN(C(=O)CC(C)C(C)(C)C)CC1. The molecule has 0 radical (unpaired) electrons. The lowest BCUT2D eigenvalue weighted by Crippen LogP contribution is -2.47. The fourth-order valence-electron chi connectivity index (χ4n) is 2.93. The van der Waals surface area contributed by atoms with E-state index in [0.717, 1.165) is 6.42 Å². The van der Waals surface area contributed by atoms with Gasteiger partial charge in [-0.15, -0.1) is 0 Å². The molecule has 1 heterocycles. The fraction of sp³-hybridized carbons (Fsp3) is 0.882. The van der Waals surface area contributed by atoms with Crippen LogP contribution in [0, 0.1) is 16.7 Å². The van der Waals surface area contributed by atoms with E-state index in [1.54, 1.807) is 0 Å². The smallest absolute Gasteiger partial charge is 0.309 e. The Bertz CT molecular complexity index is 376. The van der Waals surface area contributed by atoms with E-state index < -0.39 is 11.4 Å². The van der Waals surface area contributed by atoms with Crippen LogP contribution in [-0.4, -0.2) is 35.0 Å². The predicted molar refractivity (Wildman–Crippen MR) is 84.0 cm³/mol. The Hall–Kier alpha value is -1.06. The van der Waals surface area contributed by atoms with Crippen LogP contribution in [-0.2, 0) is 9.59 Å². The highest BCUT2D eigenvalue weighted by atomic mass is 16.4. The second kappa shape index (κ2) is 6.80. The lowest BCUT2D eigenvalue weighted by atomic mass is 9.74. The number of aliphatic carboxylic acids is 1. The van der Waals surface area contributed by atoms with Crippen molar-refractivity contribution in [1.29, 1.82) is 0 Å².